The molecular formula is C10H9Cl2NO6S. The number of hydrogen-bond donors (Lipinski definition) is 3. The normalized spacial score (nSPS) is 12.9. The van der Waals surface area contributed by atoms with E-state index in [9.17, 15) is 18.0 Å². The highest BCUT2D eigenvalue weighted by Crippen LogP contribution is 2.22. The molecule has 7 nitrogen and oxygen atoms in total. The maximum absolute atomic E-state index is 11.9. The molecule has 0 radical (unpaired) electrons. The number of benzene rings is 1. The largest absolute Gasteiger partial charge is 0.481 e. The lowest BCUT2D eigenvalue weighted by molar-refractivity contribution is -0.145. The van der Waals surface area contributed by atoms with E-state index in [0.29, 0.717) is 0 Å². The summed E-state index contributed by atoms with van der Waals surface area (Å²) in [4.78, 5) is 21.0. The maximum atomic E-state index is 11.9. The zero-order chi connectivity index (χ0) is 15.5. The van der Waals surface area contributed by atoms with Gasteiger partial charge in [0.2, 0.25) is 10.0 Å². The van der Waals surface area contributed by atoms with Crippen molar-refractivity contribution < 1.29 is 28.2 Å². The standard InChI is InChI=1S/C10H9Cl2NO6S/c11-5-1-6(12)3-7(2-5)20(18,19)13-8(10(16)17)4-9(14)15/h1-3,8,13H,4H2,(H,14,15)(H,16,17)/t8-/m1/s1. The number of rotatable bonds is 6. The van der Waals surface area contributed by atoms with E-state index < -0.39 is 34.4 Å². The SMILES string of the molecule is O=C(O)C[C@@H](NS(=O)(=O)c1cc(Cl)cc(Cl)c1)C(=O)O. The summed E-state index contributed by atoms with van der Waals surface area (Å²) in [5.74, 6) is -3.06. The van der Waals surface area contributed by atoms with Gasteiger partial charge >= 0.3 is 11.9 Å². The third kappa shape index (κ3) is 4.64. The third-order valence-electron chi connectivity index (χ3n) is 2.12. The van der Waals surface area contributed by atoms with Crippen LogP contribution in [0.3, 0.4) is 0 Å². The Morgan fingerprint density at radius 3 is 2.05 bits per heavy atom. The first-order valence-electron chi connectivity index (χ1n) is 5.05. The predicted octanol–water partition coefficient (Wildman–Crippen LogP) is 1.20. The van der Waals surface area contributed by atoms with E-state index in [1.165, 1.54) is 6.07 Å². The molecule has 110 valence electrons. The lowest BCUT2D eigenvalue weighted by Crippen LogP contribution is -2.42. The van der Waals surface area contributed by atoms with Gasteiger partial charge in [-0.05, 0) is 18.2 Å². The monoisotopic (exact) mass is 341 g/mol. The number of nitrogens with one attached hydrogen (secondary N) is 1. The van der Waals surface area contributed by atoms with Crippen LogP contribution in [0.5, 0.6) is 0 Å². The van der Waals surface area contributed by atoms with Crippen molar-refractivity contribution in [3.05, 3.63) is 28.2 Å². The highest BCUT2D eigenvalue weighted by molar-refractivity contribution is 7.89. The van der Waals surface area contributed by atoms with E-state index >= 15 is 0 Å². The second kappa shape index (κ2) is 6.40. The number of sulfonamides is 1. The van der Waals surface area contributed by atoms with E-state index in [-0.39, 0.29) is 14.9 Å². The van der Waals surface area contributed by atoms with Crippen molar-refractivity contribution in [2.24, 2.45) is 0 Å². The molecule has 1 aromatic carbocycles. The number of carboxylic acids is 2. The Kier molecular flexibility index (Phi) is 5.35. The predicted molar refractivity (Wildman–Crippen MR) is 70.5 cm³/mol. The number of hydrogen-bond acceptors (Lipinski definition) is 4. The highest BCUT2D eigenvalue weighted by atomic mass is 35.5. The molecule has 1 rings (SSSR count). The number of carbonyl (C=O) groups is 2. The second-order valence-corrected chi connectivity index (χ2v) is 6.30. The van der Waals surface area contributed by atoms with Crippen molar-refractivity contribution in [3.8, 4) is 0 Å². The summed E-state index contributed by atoms with van der Waals surface area (Å²) in [5.41, 5.74) is 0. The van der Waals surface area contributed by atoms with Gasteiger partial charge in [0, 0.05) is 10.0 Å². The molecule has 0 aliphatic rings. The molecule has 0 spiro atoms. The Balaban J connectivity index is 3.09. The lowest BCUT2D eigenvalue weighted by atomic mass is 10.2. The first-order chi connectivity index (χ1) is 9.11. The minimum absolute atomic E-state index is 0.0444. The van der Waals surface area contributed by atoms with E-state index in [2.05, 4.69) is 0 Å². The molecule has 1 aromatic rings. The Morgan fingerprint density at radius 2 is 1.65 bits per heavy atom. The molecule has 0 aliphatic heterocycles. The van der Waals surface area contributed by atoms with Crippen LogP contribution in [0.1, 0.15) is 6.42 Å². The zero-order valence-electron chi connectivity index (χ0n) is 9.71. The average molecular weight is 342 g/mol. The molecule has 0 bridgehead atoms. The molecule has 0 aliphatic carbocycles. The van der Waals surface area contributed by atoms with Gasteiger partial charge in [-0.3, -0.25) is 9.59 Å². The van der Waals surface area contributed by atoms with Crippen LogP contribution in [-0.4, -0.2) is 36.6 Å². The summed E-state index contributed by atoms with van der Waals surface area (Å²) >= 11 is 11.3. The Morgan fingerprint density at radius 1 is 1.15 bits per heavy atom. The Bertz CT molecular complexity index is 625. The zero-order valence-corrected chi connectivity index (χ0v) is 12.0. The third-order valence-corrected chi connectivity index (χ3v) is 4.01. The minimum Gasteiger partial charge on any atom is -0.481 e. The van der Waals surface area contributed by atoms with Crippen LogP contribution in [0.15, 0.2) is 23.1 Å². The first-order valence-corrected chi connectivity index (χ1v) is 7.29. The molecule has 0 fully saturated rings. The highest BCUT2D eigenvalue weighted by Gasteiger charge is 2.27. The van der Waals surface area contributed by atoms with Crippen LogP contribution in [0.4, 0.5) is 0 Å². The van der Waals surface area contributed by atoms with Crippen LogP contribution in [0.2, 0.25) is 10.0 Å². The molecule has 10 heteroatoms. The smallest absolute Gasteiger partial charge is 0.322 e. The minimum atomic E-state index is -4.26. The number of aliphatic carboxylic acids is 2. The second-order valence-electron chi connectivity index (χ2n) is 3.72. The summed E-state index contributed by atoms with van der Waals surface area (Å²) in [6.07, 6.45) is -0.900. The van der Waals surface area contributed by atoms with Gasteiger partial charge in [-0.1, -0.05) is 23.2 Å². The molecule has 0 amide bonds. The molecule has 0 saturated heterocycles. The van der Waals surface area contributed by atoms with E-state index in [4.69, 9.17) is 33.4 Å². The molecule has 1 atom stereocenters. The average Bonchev–Trinajstić information content (AvgIpc) is 2.25. The molecule has 0 aromatic heterocycles. The van der Waals surface area contributed by atoms with Gasteiger partial charge in [-0.15, -0.1) is 0 Å². The molecule has 0 saturated carbocycles. The van der Waals surface area contributed by atoms with Gasteiger partial charge < -0.3 is 10.2 Å². The molecule has 0 unspecified atom stereocenters. The fraction of sp³-hybridized carbons (Fsp3) is 0.200. The first kappa shape index (κ1) is 16.7. The summed E-state index contributed by atoms with van der Waals surface area (Å²) in [5, 5.41) is 17.4. The van der Waals surface area contributed by atoms with Gasteiger partial charge in [0.1, 0.15) is 6.04 Å². The van der Waals surface area contributed by atoms with E-state index in [0.717, 1.165) is 12.1 Å². The van der Waals surface area contributed by atoms with Crippen LogP contribution >= 0.6 is 23.2 Å². The Labute approximate surface area is 124 Å². The molecule has 0 heterocycles. The quantitative estimate of drug-likeness (QED) is 0.714. The van der Waals surface area contributed by atoms with Crippen LogP contribution in [-0.2, 0) is 19.6 Å². The van der Waals surface area contributed by atoms with Gasteiger partial charge in [-0.2, -0.15) is 4.72 Å². The maximum Gasteiger partial charge on any atom is 0.322 e. The number of carboxylic acid groups (broad SMARTS) is 2. The van der Waals surface area contributed by atoms with Gasteiger partial charge in [0.15, 0.2) is 0 Å². The van der Waals surface area contributed by atoms with E-state index in [1.54, 1.807) is 4.72 Å². The Hall–Kier alpha value is -1.35. The van der Waals surface area contributed by atoms with Gasteiger partial charge in [0.05, 0.1) is 11.3 Å². The molecule has 3 N–H and O–H groups in total. The van der Waals surface area contributed by atoms with Gasteiger partial charge in [0.25, 0.3) is 0 Å². The summed E-state index contributed by atoms with van der Waals surface area (Å²) in [6, 6.07) is 1.63. The van der Waals surface area contributed by atoms with Crippen molar-refractivity contribution in [2.75, 3.05) is 0 Å². The van der Waals surface area contributed by atoms with Crippen molar-refractivity contribution >= 4 is 45.2 Å². The molecule has 20 heavy (non-hydrogen) atoms. The molecular weight excluding hydrogens is 333 g/mol. The topological polar surface area (TPSA) is 121 Å². The summed E-state index contributed by atoms with van der Waals surface area (Å²) in [6.45, 7) is 0. The fourth-order valence-electron chi connectivity index (χ4n) is 1.29. The fourth-order valence-corrected chi connectivity index (χ4v) is 3.21. The van der Waals surface area contributed by atoms with Crippen molar-refractivity contribution in [1.29, 1.82) is 0 Å². The van der Waals surface area contributed by atoms with Crippen molar-refractivity contribution in [1.82, 2.24) is 4.72 Å². The van der Waals surface area contributed by atoms with E-state index in [1.807, 2.05) is 0 Å². The number of halogens is 2. The lowest BCUT2D eigenvalue weighted by Gasteiger charge is -2.13. The van der Waals surface area contributed by atoms with Crippen LogP contribution < -0.4 is 4.72 Å². The van der Waals surface area contributed by atoms with Crippen molar-refractivity contribution in [3.63, 3.8) is 0 Å². The van der Waals surface area contributed by atoms with Crippen LogP contribution in [0.25, 0.3) is 0 Å². The summed E-state index contributed by atoms with van der Waals surface area (Å²) < 4.78 is 25.7. The van der Waals surface area contributed by atoms with Gasteiger partial charge in [-0.25, -0.2) is 8.42 Å². The van der Waals surface area contributed by atoms with Crippen LogP contribution in [0, 0.1) is 0 Å². The summed E-state index contributed by atoms with van der Waals surface area (Å²) in [7, 11) is -4.26. The van der Waals surface area contributed by atoms with Crippen molar-refractivity contribution in [2.45, 2.75) is 17.4 Å².